The molecular formula is C14H25N3O2S. The summed E-state index contributed by atoms with van der Waals surface area (Å²) in [5.74, 6) is 1.07. The van der Waals surface area contributed by atoms with E-state index in [-0.39, 0.29) is 11.8 Å². The van der Waals surface area contributed by atoms with Gasteiger partial charge in [-0.15, -0.1) is 0 Å². The molecular weight excluding hydrogens is 274 g/mol. The predicted molar refractivity (Wildman–Crippen MR) is 80.8 cm³/mol. The van der Waals surface area contributed by atoms with E-state index in [0.717, 1.165) is 24.4 Å². The lowest BCUT2D eigenvalue weighted by molar-refractivity contribution is 0.484. The van der Waals surface area contributed by atoms with Gasteiger partial charge in [0.2, 0.25) is 0 Å². The van der Waals surface area contributed by atoms with Crippen LogP contribution in [-0.2, 0) is 16.3 Å². The normalized spacial score (nSPS) is 23.1. The molecule has 2 rings (SSSR count). The van der Waals surface area contributed by atoms with E-state index in [1.54, 1.807) is 0 Å². The zero-order valence-corrected chi connectivity index (χ0v) is 13.6. The van der Waals surface area contributed by atoms with Gasteiger partial charge in [0, 0.05) is 5.69 Å². The third-order valence-electron chi connectivity index (χ3n) is 4.13. The number of aryl methyl sites for hydroxylation is 1. The maximum Gasteiger partial charge on any atom is 0.152 e. The van der Waals surface area contributed by atoms with Gasteiger partial charge in [-0.3, -0.25) is 4.68 Å². The molecule has 1 fully saturated rings. The summed E-state index contributed by atoms with van der Waals surface area (Å²) in [7, 11) is -0.905. The Hall–Kier alpha value is -0.880. The first-order valence-electron chi connectivity index (χ1n) is 7.23. The molecule has 114 valence electrons. The summed E-state index contributed by atoms with van der Waals surface area (Å²) in [5.41, 5.74) is 3.44. The van der Waals surface area contributed by atoms with Gasteiger partial charge in [-0.05, 0) is 51.8 Å². The zero-order chi connectivity index (χ0) is 14.9. The SMILES string of the molecule is CNCC(C)Cc1c(C)nn(C2CCS(=O)(=O)C2)c1C. The van der Waals surface area contributed by atoms with Crippen molar-refractivity contribution >= 4 is 9.84 Å². The number of nitrogens with zero attached hydrogens (tertiary/aromatic N) is 2. The Labute approximate surface area is 121 Å². The van der Waals surface area contributed by atoms with E-state index < -0.39 is 9.84 Å². The number of nitrogens with one attached hydrogen (secondary N) is 1. The van der Waals surface area contributed by atoms with Crippen molar-refractivity contribution in [2.45, 2.75) is 39.7 Å². The molecule has 2 heterocycles. The smallest absolute Gasteiger partial charge is 0.152 e. The first-order chi connectivity index (χ1) is 9.34. The van der Waals surface area contributed by atoms with E-state index >= 15 is 0 Å². The minimum atomic E-state index is -2.87. The minimum absolute atomic E-state index is 0.0204. The van der Waals surface area contributed by atoms with Gasteiger partial charge in [0.15, 0.2) is 9.84 Å². The van der Waals surface area contributed by atoms with Crippen molar-refractivity contribution in [2.75, 3.05) is 25.1 Å². The first-order valence-corrected chi connectivity index (χ1v) is 9.05. The average Bonchev–Trinajstić information content (AvgIpc) is 2.84. The fourth-order valence-electron chi connectivity index (χ4n) is 3.09. The fraction of sp³-hybridized carbons (Fsp3) is 0.786. The quantitative estimate of drug-likeness (QED) is 0.889. The molecule has 0 radical (unpaired) electrons. The summed E-state index contributed by atoms with van der Waals surface area (Å²) in [4.78, 5) is 0. The lowest BCUT2D eigenvalue weighted by Crippen LogP contribution is -2.18. The van der Waals surface area contributed by atoms with Gasteiger partial charge in [-0.2, -0.15) is 5.10 Å². The zero-order valence-electron chi connectivity index (χ0n) is 12.8. The lowest BCUT2D eigenvalue weighted by Gasteiger charge is -2.13. The van der Waals surface area contributed by atoms with Crippen LogP contribution in [0.15, 0.2) is 0 Å². The van der Waals surface area contributed by atoms with Gasteiger partial charge < -0.3 is 5.32 Å². The first kappa shape index (κ1) is 15.5. The predicted octanol–water partition coefficient (Wildman–Crippen LogP) is 1.26. The largest absolute Gasteiger partial charge is 0.319 e. The fourth-order valence-corrected chi connectivity index (χ4v) is 4.78. The van der Waals surface area contributed by atoms with E-state index in [2.05, 4.69) is 24.3 Å². The Morgan fingerprint density at radius 1 is 1.45 bits per heavy atom. The minimum Gasteiger partial charge on any atom is -0.319 e. The van der Waals surface area contributed by atoms with E-state index in [0.29, 0.717) is 18.1 Å². The number of hydrogen-bond acceptors (Lipinski definition) is 4. The van der Waals surface area contributed by atoms with Crippen LogP contribution < -0.4 is 5.32 Å². The van der Waals surface area contributed by atoms with Crippen molar-refractivity contribution in [3.63, 3.8) is 0 Å². The molecule has 1 aromatic heterocycles. The summed E-state index contributed by atoms with van der Waals surface area (Å²) in [5, 5.41) is 7.80. The summed E-state index contributed by atoms with van der Waals surface area (Å²) >= 11 is 0. The molecule has 1 N–H and O–H groups in total. The average molecular weight is 299 g/mol. The second kappa shape index (κ2) is 5.85. The Kier molecular flexibility index (Phi) is 4.54. The Balaban J connectivity index is 2.21. The van der Waals surface area contributed by atoms with Gasteiger partial charge in [-0.25, -0.2) is 8.42 Å². The molecule has 0 spiro atoms. The van der Waals surface area contributed by atoms with Gasteiger partial charge in [0.1, 0.15) is 0 Å². The second-order valence-corrected chi connectivity index (χ2v) is 8.25. The molecule has 0 saturated carbocycles. The van der Waals surface area contributed by atoms with Crippen molar-refractivity contribution in [3.05, 3.63) is 17.0 Å². The maximum atomic E-state index is 11.6. The third kappa shape index (κ3) is 3.23. The molecule has 0 amide bonds. The molecule has 2 atom stereocenters. The number of hydrogen-bond donors (Lipinski definition) is 1. The highest BCUT2D eigenvalue weighted by atomic mass is 32.2. The van der Waals surface area contributed by atoms with E-state index in [1.807, 2.05) is 18.7 Å². The van der Waals surface area contributed by atoms with Crippen LogP contribution in [-0.4, -0.2) is 43.3 Å². The summed E-state index contributed by atoms with van der Waals surface area (Å²) in [6.07, 6.45) is 1.67. The standard InChI is InChI=1S/C14H25N3O2S/c1-10(8-15-4)7-14-11(2)16-17(12(14)3)13-5-6-20(18,19)9-13/h10,13,15H,5-9H2,1-4H3. The Morgan fingerprint density at radius 2 is 2.15 bits per heavy atom. The van der Waals surface area contributed by atoms with Crippen molar-refractivity contribution < 1.29 is 8.42 Å². The topological polar surface area (TPSA) is 64.0 Å². The van der Waals surface area contributed by atoms with Crippen LogP contribution >= 0.6 is 0 Å². The summed E-state index contributed by atoms with van der Waals surface area (Å²) in [6, 6.07) is 0.0204. The lowest BCUT2D eigenvalue weighted by atomic mass is 9.99. The Morgan fingerprint density at radius 3 is 2.70 bits per heavy atom. The number of sulfone groups is 1. The van der Waals surface area contributed by atoms with Crippen LogP contribution in [0.1, 0.15) is 36.3 Å². The van der Waals surface area contributed by atoms with Crippen molar-refractivity contribution in [1.82, 2.24) is 15.1 Å². The van der Waals surface area contributed by atoms with Gasteiger partial charge in [0.05, 0.1) is 23.2 Å². The van der Waals surface area contributed by atoms with Gasteiger partial charge in [-0.1, -0.05) is 6.92 Å². The molecule has 0 aromatic carbocycles. The number of rotatable bonds is 5. The maximum absolute atomic E-state index is 11.6. The molecule has 0 aliphatic carbocycles. The van der Waals surface area contributed by atoms with Crippen LogP contribution in [0, 0.1) is 19.8 Å². The van der Waals surface area contributed by atoms with Crippen molar-refractivity contribution in [2.24, 2.45) is 5.92 Å². The Bertz CT molecular complexity index is 577. The highest BCUT2D eigenvalue weighted by Gasteiger charge is 2.31. The van der Waals surface area contributed by atoms with E-state index in [1.165, 1.54) is 5.56 Å². The summed E-state index contributed by atoms with van der Waals surface area (Å²) < 4.78 is 25.2. The third-order valence-corrected chi connectivity index (χ3v) is 5.88. The van der Waals surface area contributed by atoms with Crippen LogP contribution in [0.25, 0.3) is 0 Å². The van der Waals surface area contributed by atoms with Crippen LogP contribution in [0.3, 0.4) is 0 Å². The molecule has 1 aliphatic rings. The molecule has 5 nitrogen and oxygen atoms in total. The molecule has 1 saturated heterocycles. The van der Waals surface area contributed by atoms with Crippen molar-refractivity contribution in [3.8, 4) is 0 Å². The van der Waals surface area contributed by atoms with Gasteiger partial charge >= 0.3 is 0 Å². The monoisotopic (exact) mass is 299 g/mol. The molecule has 0 bridgehead atoms. The van der Waals surface area contributed by atoms with E-state index in [9.17, 15) is 8.42 Å². The number of aromatic nitrogens is 2. The van der Waals surface area contributed by atoms with Crippen LogP contribution in [0.2, 0.25) is 0 Å². The van der Waals surface area contributed by atoms with Crippen molar-refractivity contribution in [1.29, 1.82) is 0 Å². The van der Waals surface area contributed by atoms with Gasteiger partial charge in [0.25, 0.3) is 0 Å². The molecule has 1 aromatic rings. The second-order valence-electron chi connectivity index (χ2n) is 6.02. The molecule has 20 heavy (non-hydrogen) atoms. The molecule has 2 unspecified atom stereocenters. The van der Waals surface area contributed by atoms with E-state index in [4.69, 9.17) is 0 Å². The highest BCUT2D eigenvalue weighted by molar-refractivity contribution is 7.91. The molecule has 1 aliphatic heterocycles. The summed E-state index contributed by atoms with van der Waals surface area (Å²) in [6.45, 7) is 7.27. The van der Waals surface area contributed by atoms with Crippen LogP contribution in [0.4, 0.5) is 0 Å². The molecule has 6 heteroatoms. The van der Waals surface area contributed by atoms with Crippen LogP contribution in [0.5, 0.6) is 0 Å². The highest BCUT2D eigenvalue weighted by Crippen LogP contribution is 2.27.